The minimum absolute atomic E-state index is 0.0310. The lowest BCUT2D eigenvalue weighted by atomic mass is 9.69. The molecular formula is C32H44O5. The van der Waals surface area contributed by atoms with E-state index in [-0.39, 0.29) is 46.0 Å². The van der Waals surface area contributed by atoms with Crippen LogP contribution in [-0.4, -0.2) is 28.7 Å². The van der Waals surface area contributed by atoms with Crippen molar-refractivity contribution in [2.24, 2.45) is 28.6 Å². The highest BCUT2D eigenvalue weighted by Crippen LogP contribution is 2.63. The molecule has 202 valence electrons. The van der Waals surface area contributed by atoms with Crippen LogP contribution in [0.2, 0.25) is 0 Å². The van der Waals surface area contributed by atoms with Crippen molar-refractivity contribution in [1.82, 2.24) is 0 Å². The van der Waals surface area contributed by atoms with Gasteiger partial charge in [0.15, 0.2) is 5.76 Å². The fourth-order valence-electron chi connectivity index (χ4n) is 7.65. The van der Waals surface area contributed by atoms with Crippen molar-refractivity contribution in [3.8, 4) is 0 Å². The molecule has 0 aliphatic heterocycles. The summed E-state index contributed by atoms with van der Waals surface area (Å²) in [7, 11) is 0. The van der Waals surface area contributed by atoms with E-state index in [1.165, 1.54) is 0 Å². The predicted octanol–water partition coefficient (Wildman–Crippen LogP) is 7.13. The molecule has 4 rings (SSSR count). The predicted molar refractivity (Wildman–Crippen MR) is 145 cm³/mol. The number of carbonyl (C=O) groups is 3. The lowest BCUT2D eigenvalue weighted by molar-refractivity contribution is -0.153. The van der Waals surface area contributed by atoms with Gasteiger partial charge in [-0.1, -0.05) is 64.3 Å². The molecular weight excluding hydrogens is 464 g/mol. The van der Waals surface area contributed by atoms with Gasteiger partial charge in [0.05, 0.1) is 5.57 Å². The summed E-state index contributed by atoms with van der Waals surface area (Å²) in [5, 5.41) is 11.1. The van der Waals surface area contributed by atoms with E-state index in [9.17, 15) is 19.5 Å². The van der Waals surface area contributed by atoms with Crippen LogP contribution in [0.3, 0.4) is 0 Å². The molecule has 37 heavy (non-hydrogen) atoms. The number of Topliss-reactive ketones (excluding diaryl/α,β-unsaturated/α-hetero) is 2. The van der Waals surface area contributed by atoms with Gasteiger partial charge >= 0.3 is 5.97 Å². The Morgan fingerprint density at radius 1 is 1.19 bits per heavy atom. The molecule has 0 saturated heterocycles. The van der Waals surface area contributed by atoms with Crippen LogP contribution in [0.15, 0.2) is 46.3 Å². The number of rotatable bonds is 8. The number of hydrogen-bond acceptors (Lipinski definition) is 5. The van der Waals surface area contributed by atoms with Gasteiger partial charge in [0.1, 0.15) is 11.7 Å². The molecule has 4 aliphatic rings. The normalized spacial score (nSPS) is 33.2. The maximum Gasteiger partial charge on any atom is 0.342 e. The standard InChI is InChI=1S/C32H44O5/c1-8-9-10-11-22-26(30(36)37-24-15-20-16-32(24,7)17-31(20,5)6)28(34)25(29(35)27(22)33)23-14-19(4)12-13-21(23)18(2)3/h14,20-21,23-24,35H,2,8-13,15-17H2,1,3-7H3/t20?,21?,23-,24?,32?/m1/s1. The average molecular weight is 509 g/mol. The Morgan fingerprint density at radius 3 is 2.46 bits per heavy atom. The number of allylic oxidation sites excluding steroid dienone is 5. The van der Waals surface area contributed by atoms with Crippen molar-refractivity contribution in [1.29, 1.82) is 0 Å². The second-order valence-electron chi connectivity index (χ2n) is 13.1. The minimum Gasteiger partial charge on any atom is -0.504 e. The summed E-state index contributed by atoms with van der Waals surface area (Å²) in [5.41, 5.74) is 2.07. The molecule has 1 N–H and O–H groups in total. The van der Waals surface area contributed by atoms with Gasteiger partial charge in [0.2, 0.25) is 11.6 Å². The number of unbranched alkanes of at least 4 members (excludes halogenated alkanes) is 2. The van der Waals surface area contributed by atoms with E-state index in [0.29, 0.717) is 12.3 Å². The number of carbonyl (C=O) groups excluding carboxylic acids is 3. The molecule has 0 aromatic heterocycles. The molecule has 5 heteroatoms. The Labute approximate surface area is 222 Å². The molecule has 4 unspecified atom stereocenters. The number of ether oxygens (including phenoxy) is 1. The van der Waals surface area contributed by atoms with Gasteiger partial charge in [-0.3, -0.25) is 9.59 Å². The Morgan fingerprint density at radius 2 is 1.89 bits per heavy atom. The van der Waals surface area contributed by atoms with Crippen molar-refractivity contribution in [3.05, 3.63) is 46.3 Å². The first-order chi connectivity index (χ1) is 17.3. The highest BCUT2D eigenvalue weighted by Gasteiger charge is 2.59. The Kier molecular flexibility index (Phi) is 7.49. The summed E-state index contributed by atoms with van der Waals surface area (Å²) in [6.07, 6.45) is 8.85. The maximum atomic E-state index is 14.1. The zero-order valence-electron chi connectivity index (χ0n) is 23.5. The molecule has 5 atom stereocenters. The largest absolute Gasteiger partial charge is 0.504 e. The van der Waals surface area contributed by atoms with Crippen molar-refractivity contribution < 1.29 is 24.2 Å². The van der Waals surface area contributed by atoms with Crippen molar-refractivity contribution >= 4 is 17.5 Å². The minimum atomic E-state index is -0.699. The number of aliphatic hydroxyl groups excluding tert-OH is 1. The second kappa shape index (κ2) is 10.0. The van der Waals surface area contributed by atoms with Crippen LogP contribution in [0, 0.1) is 28.6 Å². The summed E-state index contributed by atoms with van der Waals surface area (Å²) in [5.74, 6) is -2.45. The van der Waals surface area contributed by atoms with E-state index >= 15 is 0 Å². The quantitative estimate of drug-likeness (QED) is 0.124. The van der Waals surface area contributed by atoms with E-state index in [2.05, 4.69) is 34.3 Å². The molecule has 0 heterocycles. The molecule has 2 bridgehead atoms. The lowest BCUT2D eigenvalue weighted by Gasteiger charge is -2.39. The molecule has 0 aromatic rings. The molecule has 5 nitrogen and oxygen atoms in total. The smallest absolute Gasteiger partial charge is 0.342 e. The summed E-state index contributed by atoms with van der Waals surface area (Å²) >= 11 is 0. The monoisotopic (exact) mass is 508 g/mol. The van der Waals surface area contributed by atoms with E-state index < -0.39 is 29.2 Å². The van der Waals surface area contributed by atoms with Crippen LogP contribution >= 0.6 is 0 Å². The van der Waals surface area contributed by atoms with Gasteiger partial charge in [-0.15, -0.1) is 0 Å². The number of ketones is 2. The van der Waals surface area contributed by atoms with Crippen molar-refractivity contribution in [3.63, 3.8) is 0 Å². The first-order valence-electron chi connectivity index (χ1n) is 14.1. The van der Waals surface area contributed by atoms with E-state index in [1.54, 1.807) is 0 Å². The SMILES string of the molecule is C=C(C)C1CCC(C)=C[C@H]1C1=C(O)C(=O)C(CCCCC)=C(C(=O)OC2CC3CC2(C)CC3(C)C)C1=O. The van der Waals surface area contributed by atoms with Gasteiger partial charge in [-0.05, 0) is 76.0 Å². The van der Waals surface area contributed by atoms with E-state index in [0.717, 1.165) is 56.1 Å². The third-order valence-corrected chi connectivity index (χ3v) is 9.67. The van der Waals surface area contributed by atoms with Gasteiger partial charge in [0, 0.05) is 16.9 Å². The number of hydrogen-bond donors (Lipinski definition) is 1. The molecule has 0 radical (unpaired) electrons. The number of esters is 1. The van der Waals surface area contributed by atoms with Gasteiger partial charge in [-0.25, -0.2) is 4.79 Å². The third kappa shape index (κ3) is 4.91. The highest BCUT2D eigenvalue weighted by molar-refractivity contribution is 6.34. The fraction of sp³-hybridized carbons (Fsp3) is 0.656. The van der Waals surface area contributed by atoms with Crippen LogP contribution in [0.4, 0.5) is 0 Å². The molecule has 2 saturated carbocycles. The van der Waals surface area contributed by atoms with E-state index in [4.69, 9.17) is 4.74 Å². The second-order valence-corrected chi connectivity index (χ2v) is 13.1. The van der Waals surface area contributed by atoms with Crippen molar-refractivity contribution in [2.45, 2.75) is 105 Å². The fourth-order valence-corrected chi connectivity index (χ4v) is 7.65. The number of fused-ring (bicyclic) bond motifs is 2. The number of aliphatic hydroxyl groups is 1. The topological polar surface area (TPSA) is 80.7 Å². The first-order valence-corrected chi connectivity index (χ1v) is 14.1. The molecule has 0 amide bonds. The zero-order chi connectivity index (χ0) is 27.3. The van der Waals surface area contributed by atoms with Crippen LogP contribution in [0.25, 0.3) is 0 Å². The lowest BCUT2D eigenvalue weighted by Crippen LogP contribution is -2.40. The molecule has 0 aromatic carbocycles. The summed E-state index contributed by atoms with van der Waals surface area (Å²) < 4.78 is 6.10. The van der Waals surface area contributed by atoms with Crippen molar-refractivity contribution in [2.75, 3.05) is 0 Å². The van der Waals surface area contributed by atoms with Gasteiger partial charge in [-0.2, -0.15) is 0 Å². The van der Waals surface area contributed by atoms with Crippen LogP contribution in [-0.2, 0) is 19.1 Å². The van der Waals surface area contributed by atoms with Crippen LogP contribution < -0.4 is 0 Å². The molecule has 4 aliphatic carbocycles. The molecule has 0 spiro atoms. The zero-order valence-corrected chi connectivity index (χ0v) is 23.5. The van der Waals surface area contributed by atoms with Gasteiger partial charge < -0.3 is 9.84 Å². The summed E-state index contributed by atoms with van der Waals surface area (Å²) in [6, 6.07) is 0. The summed E-state index contributed by atoms with van der Waals surface area (Å²) in [6.45, 7) is 16.8. The van der Waals surface area contributed by atoms with Crippen LogP contribution in [0.1, 0.15) is 99.3 Å². The Hall–Kier alpha value is -2.43. The van der Waals surface area contributed by atoms with Crippen LogP contribution in [0.5, 0.6) is 0 Å². The highest BCUT2D eigenvalue weighted by atomic mass is 16.5. The van der Waals surface area contributed by atoms with Gasteiger partial charge in [0.25, 0.3) is 0 Å². The van der Waals surface area contributed by atoms with E-state index in [1.807, 2.05) is 19.9 Å². The Bertz CT molecular complexity index is 1120. The summed E-state index contributed by atoms with van der Waals surface area (Å²) in [4.78, 5) is 41.4. The average Bonchev–Trinajstić information content (AvgIpc) is 3.24. The first kappa shape index (κ1) is 27.6. The third-order valence-electron chi connectivity index (χ3n) is 9.67. The Balaban J connectivity index is 1.70. The maximum absolute atomic E-state index is 14.1. The molecule has 2 fully saturated rings.